The van der Waals surface area contributed by atoms with Gasteiger partial charge in [-0.25, -0.2) is 4.79 Å². The molecule has 6 nitrogen and oxygen atoms in total. The zero-order valence-electron chi connectivity index (χ0n) is 12.9. The zero-order valence-corrected chi connectivity index (χ0v) is 12.9. The number of nitrogens with one attached hydrogen (secondary N) is 1. The van der Waals surface area contributed by atoms with Crippen molar-refractivity contribution in [2.45, 2.75) is 32.1 Å². The van der Waals surface area contributed by atoms with E-state index in [9.17, 15) is 27.6 Å². The summed E-state index contributed by atoms with van der Waals surface area (Å²) in [6, 6.07) is 3.42. The molecule has 0 bridgehead atoms. The average molecular weight is 344 g/mol. The number of carbonyl (C=O) groups excluding carboxylic acids is 3. The highest BCUT2D eigenvalue weighted by molar-refractivity contribution is 5.95. The quantitative estimate of drug-likeness (QED) is 0.828. The molecule has 1 N–H and O–H groups in total. The highest BCUT2D eigenvalue weighted by Crippen LogP contribution is 2.27. The minimum absolute atomic E-state index is 0.0314. The lowest BCUT2D eigenvalue weighted by Gasteiger charge is -2.34. The normalized spacial score (nSPS) is 17.0. The Morgan fingerprint density at radius 2 is 1.92 bits per heavy atom. The van der Waals surface area contributed by atoms with E-state index >= 15 is 0 Å². The molecule has 0 fully saturated rings. The summed E-state index contributed by atoms with van der Waals surface area (Å²) in [5.41, 5.74) is 1.23. The molecule has 1 aliphatic rings. The number of hydrogen-bond donors (Lipinski definition) is 1. The Kier molecular flexibility index (Phi) is 4.81. The van der Waals surface area contributed by atoms with E-state index in [1.165, 1.54) is 37.1 Å². The number of halogens is 3. The number of nitrogens with zero attached hydrogens (tertiary/aromatic N) is 1. The van der Waals surface area contributed by atoms with Gasteiger partial charge in [-0.3, -0.25) is 9.59 Å². The fourth-order valence-electron chi connectivity index (χ4n) is 2.54. The van der Waals surface area contributed by atoms with Gasteiger partial charge >= 0.3 is 18.1 Å². The topological polar surface area (TPSA) is 75.7 Å². The van der Waals surface area contributed by atoms with Gasteiger partial charge in [0, 0.05) is 25.6 Å². The highest BCUT2D eigenvalue weighted by Gasteiger charge is 2.39. The van der Waals surface area contributed by atoms with Crippen molar-refractivity contribution in [2.24, 2.45) is 0 Å². The summed E-state index contributed by atoms with van der Waals surface area (Å²) in [4.78, 5) is 35.8. The first kappa shape index (κ1) is 17.8. The molecule has 0 spiro atoms. The Hall–Kier alpha value is -2.58. The maximum Gasteiger partial charge on any atom is 0.471 e. The predicted octanol–water partition coefficient (Wildman–Crippen LogP) is 1.63. The predicted molar refractivity (Wildman–Crippen MR) is 76.9 cm³/mol. The van der Waals surface area contributed by atoms with Crippen molar-refractivity contribution in [2.75, 3.05) is 12.4 Å². The Balaban J connectivity index is 2.28. The third-order valence-corrected chi connectivity index (χ3v) is 3.73. The average Bonchev–Trinajstić information content (AvgIpc) is 2.51. The van der Waals surface area contributed by atoms with Gasteiger partial charge in [0.25, 0.3) is 0 Å². The first-order valence-electron chi connectivity index (χ1n) is 6.98. The molecule has 0 saturated carbocycles. The van der Waals surface area contributed by atoms with Crippen LogP contribution in [0.3, 0.4) is 0 Å². The lowest BCUT2D eigenvalue weighted by atomic mass is 9.93. The second-order valence-electron chi connectivity index (χ2n) is 5.33. The van der Waals surface area contributed by atoms with Crippen LogP contribution in [-0.4, -0.2) is 42.0 Å². The molecule has 1 aromatic rings. The van der Waals surface area contributed by atoms with E-state index < -0.39 is 24.1 Å². The van der Waals surface area contributed by atoms with Gasteiger partial charge < -0.3 is 15.0 Å². The summed E-state index contributed by atoms with van der Waals surface area (Å²) >= 11 is 0. The molecule has 24 heavy (non-hydrogen) atoms. The summed E-state index contributed by atoms with van der Waals surface area (Å²) in [7, 11) is 1.21. The van der Waals surface area contributed by atoms with Gasteiger partial charge in [-0.1, -0.05) is 6.07 Å². The molecule has 0 radical (unpaired) electrons. The van der Waals surface area contributed by atoms with Crippen molar-refractivity contribution < 1.29 is 32.3 Å². The summed E-state index contributed by atoms with van der Waals surface area (Å²) in [6.07, 6.45) is -4.80. The SMILES string of the molecule is COC(=O)C1Cc2ccc(NC(=O)C(F)(F)F)cc2CN1C(C)=O. The number of hydrogen-bond acceptors (Lipinski definition) is 4. The van der Waals surface area contributed by atoms with Crippen molar-refractivity contribution in [1.82, 2.24) is 4.90 Å². The first-order valence-corrected chi connectivity index (χ1v) is 6.98. The number of rotatable bonds is 2. The van der Waals surface area contributed by atoms with Crippen LogP contribution in [0.5, 0.6) is 0 Å². The molecule has 1 heterocycles. The Labute approximate surface area is 135 Å². The van der Waals surface area contributed by atoms with Gasteiger partial charge in [0.15, 0.2) is 0 Å². The molecule has 0 aromatic heterocycles. The lowest BCUT2D eigenvalue weighted by Crippen LogP contribution is -2.48. The van der Waals surface area contributed by atoms with E-state index in [0.717, 1.165) is 0 Å². The fourth-order valence-corrected chi connectivity index (χ4v) is 2.54. The summed E-state index contributed by atoms with van der Waals surface area (Å²) in [6.45, 7) is 1.33. The van der Waals surface area contributed by atoms with E-state index in [-0.39, 0.29) is 24.6 Å². The van der Waals surface area contributed by atoms with Crippen LogP contribution >= 0.6 is 0 Å². The number of alkyl halides is 3. The minimum atomic E-state index is -4.99. The maximum atomic E-state index is 12.3. The van der Waals surface area contributed by atoms with Crippen molar-refractivity contribution in [3.05, 3.63) is 29.3 Å². The van der Waals surface area contributed by atoms with Gasteiger partial charge in [-0.05, 0) is 23.3 Å². The number of carbonyl (C=O) groups is 3. The molecule has 0 saturated heterocycles. The maximum absolute atomic E-state index is 12.3. The van der Waals surface area contributed by atoms with Crippen molar-refractivity contribution in [3.8, 4) is 0 Å². The molecule has 2 amide bonds. The molecular weight excluding hydrogens is 329 g/mol. The molecule has 1 unspecified atom stereocenters. The van der Waals surface area contributed by atoms with Crippen LogP contribution in [0.25, 0.3) is 0 Å². The van der Waals surface area contributed by atoms with Crippen LogP contribution in [0.15, 0.2) is 18.2 Å². The first-order chi connectivity index (χ1) is 11.1. The molecule has 1 aromatic carbocycles. The number of amides is 2. The van der Waals surface area contributed by atoms with E-state index in [1.54, 1.807) is 5.32 Å². The van der Waals surface area contributed by atoms with Gasteiger partial charge in [-0.2, -0.15) is 13.2 Å². The fraction of sp³-hybridized carbons (Fsp3) is 0.400. The van der Waals surface area contributed by atoms with E-state index in [4.69, 9.17) is 0 Å². The van der Waals surface area contributed by atoms with Gasteiger partial charge in [0.1, 0.15) is 6.04 Å². The standard InChI is InChI=1S/C15H15F3N2O4/c1-8(21)20-7-10-5-11(19-14(23)15(16,17)18)4-3-9(10)6-12(20)13(22)24-2/h3-5,12H,6-7H2,1-2H3,(H,19,23). The molecule has 1 atom stereocenters. The second-order valence-corrected chi connectivity index (χ2v) is 5.33. The van der Waals surface area contributed by atoms with E-state index in [2.05, 4.69) is 4.74 Å². The summed E-state index contributed by atoms with van der Waals surface area (Å²) in [5, 5.41) is 1.76. The van der Waals surface area contributed by atoms with Crippen molar-refractivity contribution >= 4 is 23.5 Å². The number of methoxy groups -OCH3 is 1. The number of anilines is 1. The minimum Gasteiger partial charge on any atom is -0.467 e. The Morgan fingerprint density at radius 1 is 1.25 bits per heavy atom. The van der Waals surface area contributed by atoms with Crippen LogP contribution in [0.2, 0.25) is 0 Å². The molecule has 130 valence electrons. The highest BCUT2D eigenvalue weighted by atomic mass is 19.4. The Morgan fingerprint density at radius 3 is 2.46 bits per heavy atom. The lowest BCUT2D eigenvalue weighted by molar-refractivity contribution is -0.167. The number of benzene rings is 1. The van der Waals surface area contributed by atoms with Crippen LogP contribution in [0.1, 0.15) is 18.1 Å². The monoisotopic (exact) mass is 344 g/mol. The Bertz CT molecular complexity index is 688. The molecule has 2 rings (SSSR count). The zero-order chi connectivity index (χ0) is 18.1. The van der Waals surface area contributed by atoms with Crippen LogP contribution in [0.4, 0.5) is 18.9 Å². The number of ether oxygens (including phenoxy) is 1. The second kappa shape index (κ2) is 6.50. The summed E-state index contributed by atoms with van der Waals surface area (Å²) in [5.74, 6) is -3.00. The molecular formula is C15H15F3N2O4. The van der Waals surface area contributed by atoms with E-state index in [0.29, 0.717) is 11.1 Å². The molecule has 9 heteroatoms. The third-order valence-electron chi connectivity index (χ3n) is 3.73. The van der Waals surface area contributed by atoms with Crippen LogP contribution < -0.4 is 5.32 Å². The smallest absolute Gasteiger partial charge is 0.467 e. The van der Waals surface area contributed by atoms with Crippen molar-refractivity contribution in [1.29, 1.82) is 0 Å². The van der Waals surface area contributed by atoms with Gasteiger partial charge in [0.05, 0.1) is 7.11 Å². The van der Waals surface area contributed by atoms with Crippen LogP contribution in [-0.2, 0) is 32.1 Å². The van der Waals surface area contributed by atoms with Crippen LogP contribution in [0, 0.1) is 0 Å². The van der Waals surface area contributed by atoms with Gasteiger partial charge in [0.2, 0.25) is 5.91 Å². The number of esters is 1. The number of fused-ring (bicyclic) bond motifs is 1. The largest absolute Gasteiger partial charge is 0.471 e. The van der Waals surface area contributed by atoms with Crippen molar-refractivity contribution in [3.63, 3.8) is 0 Å². The summed E-state index contributed by atoms with van der Waals surface area (Å²) < 4.78 is 41.6. The van der Waals surface area contributed by atoms with E-state index in [1.807, 2.05) is 0 Å². The van der Waals surface area contributed by atoms with Gasteiger partial charge in [-0.15, -0.1) is 0 Å². The third kappa shape index (κ3) is 3.66. The molecule has 1 aliphatic heterocycles. The molecule has 0 aliphatic carbocycles.